The molecule has 0 aromatic carbocycles. The molecular weight excluding hydrogens is 157 g/mol. The van der Waals surface area contributed by atoms with Gasteiger partial charge < -0.3 is 7.58 Å². The molecule has 0 aromatic rings. The second kappa shape index (κ2) is 5.67. The Kier molecular flexibility index (Phi) is 6.26. The second-order valence-corrected chi connectivity index (χ2v) is 7.68. The van der Waals surface area contributed by atoms with Gasteiger partial charge in [-0.2, -0.15) is 0 Å². The Balaban J connectivity index is 3.34. The Hall–Kier alpha value is 1.05. The van der Waals surface area contributed by atoms with Crippen LogP contribution < -0.4 is 0 Å². The first-order chi connectivity index (χ1) is 4.52. The van der Waals surface area contributed by atoms with E-state index < -0.39 is 29.0 Å². The summed E-state index contributed by atoms with van der Waals surface area (Å²) >= 11 is -1.78. The Morgan fingerprint density at radius 2 is 1.30 bits per heavy atom. The van der Waals surface area contributed by atoms with Crippen LogP contribution in [0.15, 0.2) is 0 Å². The molecular formula is C5H15Al2BO2. The van der Waals surface area contributed by atoms with E-state index in [4.69, 9.17) is 7.58 Å². The van der Waals surface area contributed by atoms with Crippen molar-refractivity contribution in [1.82, 2.24) is 0 Å². The van der Waals surface area contributed by atoms with Crippen LogP contribution >= 0.6 is 0 Å². The van der Waals surface area contributed by atoms with Gasteiger partial charge in [0, 0.05) is 0 Å². The molecule has 0 heterocycles. The predicted octanol–water partition coefficient (Wildman–Crippen LogP) is 0.438. The van der Waals surface area contributed by atoms with Crippen LogP contribution in [0.2, 0.25) is 23.1 Å². The normalized spacial score (nSPS) is 10.1. The maximum Gasteiger partial charge on any atom is 0.455 e. The summed E-state index contributed by atoms with van der Waals surface area (Å²) < 4.78 is 11.0. The molecule has 0 aliphatic rings. The third-order valence-electron chi connectivity index (χ3n) is 0.928. The molecule has 0 amide bonds. The summed E-state index contributed by atoms with van der Waals surface area (Å²) in [6.45, 7) is 0. The van der Waals surface area contributed by atoms with Crippen molar-refractivity contribution in [2.75, 3.05) is 0 Å². The fraction of sp³-hybridized carbons (Fsp3) is 1.00. The smallest absolute Gasteiger partial charge is 0.455 e. The Labute approximate surface area is 73.8 Å². The van der Waals surface area contributed by atoms with Crippen molar-refractivity contribution in [1.29, 1.82) is 0 Å². The summed E-state index contributed by atoms with van der Waals surface area (Å²) in [5, 5.41) is 0. The van der Waals surface area contributed by atoms with Gasteiger partial charge >= 0.3 is 29.0 Å². The lowest BCUT2D eigenvalue weighted by Gasteiger charge is -2.18. The molecule has 0 radical (unpaired) electrons. The van der Waals surface area contributed by atoms with Crippen LogP contribution in [0, 0.1) is 0 Å². The molecule has 56 valence electrons. The van der Waals surface area contributed by atoms with Crippen LogP contribution in [0.3, 0.4) is 0 Å². The van der Waals surface area contributed by atoms with E-state index in [1.807, 2.05) is 7.85 Å². The van der Waals surface area contributed by atoms with E-state index in [1.54, 1.807) is 0 Å². The number of hydrogen-bond donors (Lipinski definition) is 0. The topological polar surface area (TPSA) is 18.5 Å². The van der Waals surface area contributed by atoms with Gasteiger partial charge in [-0.25, -0.2) is 0 Å². The summed E-state index contributed by atoms with van der Waals surface area (Å²) in [6.07, 6.45) is 0.0401. The van der Waals surface area contributed by atoms with Crippen molar-refractivity contribution in [3.05, 3.63) is 0 Å². The molecule has 0 bridgehead atoms. The third-order valence-corrected chi connectivity index (χ3v) is 2.78. The first-order valence-corrected chi connectivity index (χ1v) is 9.39. The van der Waals surface area contributed by atoms with Crippen molar-refractivity contribution in [3.8, 4) is 0 Å². The second-order valence-electron chi connectivity index (χ2n) is 2.94. The van der Waals surface area contributed by atoms with E-state index in [0.717, 1.165) is 0 Å². The SMILES string of the molecule is BC([O][Al]([CH3])[CH3])[O][Al]([CH3])[CH3]. The van der Waals surface area contributed by atoms with Crippen molar-refractivity contribution < 1.29 is 7.58 Å². The minimum atomic E-state index is -0.890. The molecule has 0 N–H and O–H groups in total. The van der Waals surface area contributed by atoms with Crippen LogP contribution in [-0.4, -0.2) is 43.0 Å². The largest absolute Gasteiger partial charge is 0.487 e. The number of hydrogen-bond acceptors (Lipinski definition) is 2. The van der Waals surface area contributed by atoms with Gasteiger partial charge in [-0.1, -0.05) is 23.1 Å². The highest BCUT2D eigenvalue weighted by molar-refractivity contribution is 6.50. The average molecular weight is 172 g/mol. The molecule has 2 nitrogen and oxygen atoms in total. The van der Waals surface area contributed by atoms with E-state index in [2.05, 4.69) is 23.1 Å². The zero-order valence-electron chi connectivity index (χ0n) is 7.55. The maximum atomic E-state index is 5.51. The van der Waals surface area contributed by atoms with E-state index in [0.29, 0.717) is 0 Å². The zero-order chi connectivity index (χ0) is 8.15. The Morgan fingerprint density at radius 1 is 1.00 bits per heavy atom. The summed E-state index contributed by atoms with van der Waals surface area (Å²) in [6, 6.07) is 0. The van der Waals surface area contributed by atoms with E-state index in [1.165, 1.54) is 0 Å². The summed E-state index contributed by atoms with van der Waals surface area (Å²) in [4.78, 5) is 0. The molecule has 0 spiro atoms. The highest BCUT2D eigenvalue weighted by Crippen LogP contribution is 1.95. The molecule has 0 rings (SSSR count). The molecule has 0 saturated heterocycles. The predicted molar refractivity (Wildman–Crippen MR) is 49.5 cm³/mol. The molecule has 0 saturated carbocycles. The summed E-state index contributed by atoms with van der Waals surface area (Å²) in [5.41, 5.74) is 0. The molecule has 0 atom stereocenters. The molecule has 10 heavy (non-hydrogen) atoms. The lowest BCUT2D eigenvalue weighted by molar-refractivity contribution is 0.0762. The third kappa shape index (κ3) is 7.16. The molecule has 0 aliphatic carbocycles. The lowest BCUT2D eigenvalue weighted by Crippen LogP contribution is -2.28. The van der Waals surface area contributed by atoms with Crippen molar-refractivity contribution in [2.45, 2.75) is 29.3 Å². The van der Waals surface area contributed by atoms with E-state index in [-0.39, 0.29) is 6.19 Å². The highest BCUT2D eigenvalue weighted by Gasteiger charge is 2.13. The first kappa shape index (κ1) is 11.0. The molecule has 0 fully saturated rings. The van der Waals surface area contributed by atoms with Gasteiger partial charge in [-0.3, -0.25) is 0 Å². The quantitative estimate of drug-likeness (QED) is 0.452. The van der Waals surface area contributed by atoms with Crippen LogP contribution in [0.4, 0.5) is 0 Å². The van der Waals surface area contributed by atoms with Crippen molar-refractivity contribution in [3.63, 3.8) is 0 Å². The molecule has 5 heteroatoms. The van der Waals surface area contributed by atoms with Crippen LogP contribution in [0.1, 0.15) is 0 Å². The molecule has 0 unspecified atom stereocenters. The molecule has 0 aromatic heterocycles. The fourth-order valence-electron chi connectivity index (χ4n) is 0.799. The standard InChI is InChI=1S/CH3BO2.4CH3.2Al/c2-1(3)4;;;;;;/h1H,2H2;4*1H3;;/q-2;;;;;2*+1. The van der Waals surface area contributed by atoms with Crippen molar-refractivity contribution in [2.24, 2.45) is 0 Å². The lowest BCUT2D eigenvalue weighted by atomic mass is 10.2. The fourth-order valence-corrected chi connectivity index (χ4v) is 2.59. The van der Waals surface area contributed by atoms with Gasteiger partial charge in [0.05, 0.1) is 6.19 Å². The van der Waals surface area contributed by atoms with Gasteiger partial charge in [-0.05, 0) is 0 Å². The van der Waals surface area contributed by atoms with Gasteiger partial charge in [-0.15, -0.1) is 0 Å². The Bertz CT molecular complexity index is 79.7. The highest BCUT2D eigenvalue weighted by atomic mass is 27.2. The van der Waals surface area contributed by atoms with Crippen LogP contribution in [0.25, 0.3) is 0 Å². The summed E-state index contributed by atoms with van der Waals surface area (Å²) in [7, 11) is 1.99. The van der Waals surface area contributed by atoms with Gasteiger partial charge in [0.15, 0.2) is 7.85 Å². The van der Waals surface area contributed by atoms with Gasteiger partial charge in [0.1, 0.15) is 0 Å². The molecule has 0 aliphatic heterocycles. The van der Waals surface area contributed by atoms with E-state index in [9.17, 15) is 0 Å². The summed E-state index contributed by atoms with van der Waals surface area (Å²) in [5.74, 6) is 8.62. The van der Waals surface area contributed by atoms with Crippen molar-refractivity contribution >= 4 is 36.8 Å². The monoisotopic (exact) mass is 172 g/mol. The van der Waals surface area contributed by atoms with Crippen LogP contribution in [0.5, 0.6) is 0 Å². The van der Waals surface area contributed by atoms with Gasteiger partial charge in [0.2, 0.25) is 0 Å². The first-order valence-electron chi connectivity index (χ1n) is 3.83. The van der Waals surface area contributed by atoms with Crippen LogP contribution in [-0.2, 0) is 7.58 Å². The average Bonchev–Trinajstić information content (AvgIpc) is 1.58. The number of rotatable bonds is 4. The van der Waals surface area contributed by atoms with E-state index >= 15 is 0 Å². The van der Waals surface area contributed by atoms with Gasteiger partial charge in [0.25, 0.3) is 0 Å². The zero-order valence-corrected chi connectivity index (χ0v) is 9.86. The maximum absolute atomic E-state index is 5.51. The minimum Gasteiger partial charge on any atom is -0.487 e. The minimum absolute atomic E-state index is 0.0401. The Morgan fingerprint density at radius 3 is 1.50 bits per heavy atom.